The number of carbonyl (C=O) groups is 1. The van der Waals surface area contributed by atoms with Crippen LogP contribution in [-0.2, 0) is 9.84 Å². The van der Waals surface area contributed by atoms with E-state index in [1.165, 1.54) is 12.1 Å². The Bertz CT molecular complexity index is 1010. The minimum absolute atomic E-state index is 0.156. The summed E-state index contributed by atoms with van der Waals surface area (Å²) in [6.07, 6.45) is -0.216. The van der Waals surface area contributed by atoms with Crippen LogP contribution >= 0.6 is 11.6 Å². The van der Waals surface area contributed by atoms with Gasteiger partial charge in [0.1, 0.15) is 16.8 Å². The van der Waals surface area contributed by atoms with Gasteiger partial charge in [0, 0.05) is 17.0 Å². The minimum Gasteiger partial charge on any atom is -0.465 e. The third-order valence-corrected chi connectivity index (χ3v) is 6.39. The molecule has 0 saturated heterocycles. The fourth-order valence-electron chi connectivity index (χ4n) is 2.69. The Labute approximate surface area is 157 Å². The third kappa shape index (κ3) is 3.89. The van der Waals surface area contributed by atoms with Crippen LogP contribution < -0.4 is 0 Å². The van der Waals surface area contributed by atoms with Gasteiger partial charge in [-0.2, -0.15) is 0 Å². The normalized spacial score (nSPS) is 12.7. The van der Waals surface area contributed by atoms with E-state index in [-0.39, 0.29) is 22.9 Å². The Hall–Kier alpha value is -2.37. The van der Waals surface area contributed by atoms with Crippen LogP contribution in [0.3, 0.4) is 0 Å². The highest BCUT2D eigenvalue weighted by molar-refractivity contribution is 7.91. The molecule has 26 heavy (non-hydrogen) atoms. The van der Waals surface area contributed by atoms with Crippen LogP contribution in [-0.4, -0.2) is 14.2 Å². The van der Waals surface area contributed by atoms with Crippen molar-refractivity contribution >= 4 is 27.2 Å². The van der Waals surface area contributed by atoms with Crippen LogP contribution in [0.5, 0.6) is 0 Å². The number of halogens is 1. The van der Waals surface area contributed by atoms with Gasteiger partial charge in [-0.1, -0.05) is 29.8 Å². The second kappa shape index (κ2) is 7.48. The molecule has 134 valence electrons. The van der Waals surface area contributed by atoms with Crippen LogP contribution in [0.4, 0.5) is 0 Å². The molecule has 3 rings (SSSR count). The SMILES string of the molecule is Cc1ccc(C(CC(=O)c2ccc(Cl)cc2)S(=O)(=O)c2ccccc2)o1. The smallest absolute Gasteiger partial charge is 0.188 e. The quantitative estimate of drug-likeness (QED) is 0.555. The first kappa shape index (κ1) is 18.4. The maximum atomic E-state index is 13.1. The number of hydrogen-bond acceptors (Lipinski definition) is 4. The Morgan fingerprint density at radius 1 is 1.00 bits per heavy atom. The fraction of sp³-hybridized carbons (Fsp3) is 0.150. The van der Waals surface area contributed by atoms with Gasteiger partial charge >= 0.3 is 0 Å². The largest absolute Gasteiger partial charge is 0.465 e. The second-order valence-electron chi connectivity index (χ2n) is 5.93. The molecule has 0 radical (unpaired) electrons. The fourth-order valence-corrected chi connectivity index (χ4v) is 4.48. The highest BCUT2D eigenvalue weighted by Gasteiger charge is 2.33. The summed E-state index contributed by atoms with van der Waals surface area (Å²) >= 11 is 5.85. The molecule has 3 aromatic rings. The van der Waals surface area contributed by atoms with Gasteiger partial charge < -0.3 is 4.42 Å². The lowest BCUT2D eigenvalue weighted by Gasteiger charge is -2.15. The van der Waals surface area contributed by atoms with E-state index >= 15 is 0 Å². The van der Waals surface area contributed by atoms with E-state index in [4.69, 9.17) is 16.0 Å². The Morgan fingerprint density at radius 3 is 2.23 bits per heavy atom. The maximum absolute atomic E-state index is 13.1. The number of furan rings is 1. The van der Waals surface area contributed by atoms with Crippen molar-refractivity contribution in [1.29, 1.82) is 0 Å². The summed E-state index contributed by atoms with van der Waals surface area (Å²) in [5.74, 6) is 0.557. The van der Waals surface area contributed by atoms with Crippen LogP contribution in [0.1, 0.15) is 33.5 Å². The van der Waals surface area contributed by atoms with E-state index < -0.39 is 15.1 Å². The molecule has 6 heteroatoms. The molecule has 2 aromatic carbocycles. The zero-order valence-corrected chi connectivity index (χ0v) is 15.6. The van der Waals surface area contributed by atoms with Crippen molar-refractivity contribution in [2.24, 2.45) is 0 Å². The number of aryl methyl sites for hydroxylation is 1. The van der Waals surface area contributed by atoms with Crippen molar-refractivity contribution < 1.29 is 17.6 Å². The lowest BCUT2D eigenvalue weighted by atomic mass is 10.1. The first-order valence-corrected chi connectivity index (χ1v) is 9.94. The van der Waals surface area contributed by atoms with Crippen molar-refractivity contribution in [2.75, 3.05) is 0 Å². The summed E-state index contributed by atoms with van der Waals surface area (Å²) in [5.41, 5.74) is 0.408. The van der Waals surface area contributed by atoms with Gasteiger partial charge in [0.2, 0.25) is 0 Å². The molecule has 0 N–H and O–H groups in total. The highest BCUT2D eigenvalue weighted by atomic mass is 35.5. The number of sulfone groups is 1. The van der Waals surface area contributed by atoms with E-state index in [0.717, 1.165) is 0 Å². The molecule has 1 atom stereocenters. The highest BCUT2D eigenvalue weighted by Crippen LogP contribution is 2.34. The van der Waals surface area contributed by atoms with Crippen molar-refractivity contribution in [2.45, 2.75) is 23.5 Å². The molecule has 0 bridgehead atoms. The summed E-state index contributed by atoms with van der Waals surface area (Å²) in [5, 5.41) is -0.585. The minimum atomic E-state index is -3.79. The average Bonchev–Trinajstić information content (AvgIpc) is 3.06. The lowest BCUT2D eigenvalue weighted by molar-refractivity contribution is 0.0978. The van der Waals surface area contributed by atoms with Crippen LogP contribution in [0.2, 0.25) is 5.02 Å². The molecule has 4 nitrogen and oxygen atoms in total. The van der Waals surface area contributed by atoms with Gasteiger partial charge in [-0.05, 0) is 55.5 Å². The molecule has 0 aliphatic heterocycles. The van der Waals surface area contributed by atoms with Crippen LogP contribution in [0.15, 0.2) is 76.0 Å². The molecule has 0 aliphatic carbocycles. The standard InChI is InChI=1S/C20H17ClO4S/c1-14-7-12-19(25-14)20(26(23,24)17-5-3-2-4-6-17)13-18(22)15-8-10-16(21)11-9-15/h2-12,20H,13H2,1H3. The molecular formula is C20H17ClO4S. The van der Waals surface area contributed by atoms with Crippen LogP contribution in [0.25, 0.3) is 0 Å². The first-order valence-electron chi connectivity index (χ1n) is 8.02. The molecule has 0 spiro atoms. The monoisotopic (exact) mass is 388 g/mol. The third-order valence-electron chi connectivity index (χ3n) is 4.06. The van der Waals surface area contributed by atoms with E-state index in [1.807, 2.05) is 0 Å². The van der Waals surface area contributed by atoms with Gasteiger partial charge in [0.25, 0.3) is 0 Å². The molecule has 0 aliphatic rings. The van der Waals surface area contributed by atoms with E-state index in [1.54, 1.807) is 61.5 Å². The number of benzene rings is 2. The molecule has 0 saturated carbocycles. The number of hydrogen-bond donors (Lipinski definition) is 0. The van der Waals surface area contributed by atoms with Gasteiger partial charge in [-0.25, -0.2) is 8.42 Å². The number of Topliss-reactive ketones (excluding diaryl/α,β-unsaturated/α-hetero) is 1. The number of carbonyl (C=O) groups excluding carboxylic acids is 1. The Balaban J connectivity index is 1.99. The van der Waals surface area contributed by atoms with E-state index in [0.29, 0.717) is 16.3 Å². The Morgan fingerprint density at radius 2 is 1.65 bits per heavy atom. The predicted octanol–water partition coefficient (Wildman–Crippen LogP) is 5.03. The zero-order valence-electron chi connectivity index (χ0n) is 14.1. The van der Waals surface area contributed by atoms with Gasteiger partial charge in [-0.15, -0.1) is 0 Å². The average molecular weight is 389 g/mol. The molecule has 1 aromatic heterocycles. The van der Waals surface area contributed by atoms with Crippen LogP contribution in [0, 0.1) is 6.92 Å². The molecule has 0 fully saturated rings. The molecule has 1 unspecified atom stereocenters. The lowest BCUT2D eigenvalue weighted by Crippen LogP contribution is -2.17. The van der Waals surface area contributed by atoms with Gasteiger partial charge in [-0.3, -0.25) is 4.79 Å². The molecule has 0 amide bonds. The maximum Gasteiger partial charge on any atom is 0.188 e. The van der Waals surface area contributed by atoms with Crippen molar-refractivity contribution in [3.63, 3.8) is 0 Å². The zero-order chi connectivity index (χ0) is 18.7. The second-order valence-corrected chi connectivity index (χ2v) is 8.50. The molecular weight excluding hydrogens is 372 g/mol. The number of rotatable bonds is 6. The summed E-state index contributed by atoms with van der Waals surface area (Å²) < 4.78 is 31.8. The van der Waals surface area contributed by atoms with Crippen molar-refractivity contribution in [3.8, 4) is 0 Å². The van der Waals surface area contributed by atoms with Gasteiger partial charge in [0.15, 0.2) is 15.6 Å². The number of ketones is 1. The summed E-state index contributed by atoms with van der Waals surface area (Å²) in [7, 11) is -3.79. The van der Waals surface area contributed by atoms with Crippen molar-refractivity contribution in [1.82, 2.24) is 0 Å². The van der Waals surface area contributed by atoms with Crippen molar-refractivity contribution in [3.05, 3.63) is 88.8 Å². The summed E-state index contributed by atoms with van der Waals surface area (Å²) in [4.78, 5) is 12.8. The summed E-state index contributed by atoms with van der Waals surface area (Å²) in [6, 6.07) is 17.8. The predicted molar refractivity (Wildman–Crippen MR) is 100 cm³/mol. The Kier molecular flexibility index (Phi) is 5.30. The molecule has 1 heterocycles. The van der Waals surface area contributed by atoms with E-state index in [9.17, 15) is 13.2 Å². The van der Waals surface area contributed by atoms with E-state index in [2.05, 4.69) is 0 Å². The van der Waals surface area contributed by atoms with Gasteiger partial charge in [0.05, 0.1) is 4.90 Å². The topological polar surface area (TPSA) is 64.3 Å². The summed E-state index contributed by atoms with van der Waals surface area (Å²) in [6.45, 7) is 1.73. The first-order chi connectivity index (χ1) is 12.4.